The largest absolute Gasteiger partial charge is 0.353 e. The van der Waals surface area contributed by atoms with Gasteiger partial charge in [0.15, 0.2) is 0 Å². The molecule has 32 heavy (non-hydrogen) atoms. The summed E-state index contributed by atoms with van der Waals surface area (Å²) in [4.78, 5) is 41.3. The number of nitrogens with zero attached hydrogens (tertiary/aromatic N) is 2. The standard InChI is InChI=1S/C26H31N3O3/c1-18(2)29-17-22(16-24(29)30)25(31)27-23-12-14-28(15-13-23)26(32)21-10-8-20(9-11-21)19-6-4-3-5-7-19/h3-11,18,22-23H,12-17H2,1-2H3,(H,27,31). The third-order valence-electron chi connectivity index (χ3n) is 6.52. The van der Waals surface area contributed by atoms with Crippen LogP contribution < -0.4 is 5.32 Å². The highest BCUT2D eigenvalue weighted by Crippen LogP contribution is 2.23. The van der Waals surface area contributed by atoms with E-state index in [0.717, 1.165) is 24.0 Å². The molecule has 2 heterocycles. The lowest BCUT2D eigenvalue weighted by atomic mass is 10.0. The summed E-state index contributed by atoms with van der Waals surface area (Å²) in [5.41, 5.74) is 2.90. The number of nitrogens with one attached hydrogen (secondary N) is 1. The molecule has 2 fully saturated rings. The molecular weight excluding hydrogens is 402 g/mol. The second-order valence-electron chi connectivity index (χ2n) is 9.06. The Labute approximate surface area is 189 Å². The van der Waals surface area contributed by atoms with E-state index < -0.39 is 0 Å². The fourth-order valence-electron chi connectivity index (χ4n) is 4.57. The van der Waals surface area contributed by atoms with Crippen LogP contribution in [0.3, 0.4) is 0 Å². The van der Waals surface area contributed by atoms with E-state index in [2.05, 4.69) is 17.4 Å². The Kier molecular flexibility index (Phi) is 6.58. The van der Waals surface area contributed by atoms with Crippen molar-refractivity contribution in [3.8, 4) is 11.1 Å². The van der Waals surface area contributed by atoms with Crippen molar-refractivity contribution in [3.63, 3.8) is 0 Å². The number of rotatable bonds is 5. The van der Waals surface area contributed by atoms with Crippen LogP contribution in [0.1, 0.15) is 43.5 Å². The van der Waals surface area contributed by atoms with Crippen molar-refractivity contribution in [1.29, 1.82) is 0 Å². The van der Waals surface area contributed by atoms with Crippen LogP contribution >= 0.6 is 0 Å². The highest BCUT2D eigenvalue weighted by molar-refractivity contribution is 5.95. The molecule has 0 radical (unpaired) electrons. The van der Waals surface area contributed by atoms with Gasteiger partial charge in [-0.25, -0.2) is 0 Å². The van der Waals surface area contributed by atoms with Crippen LogP contribution in [-0.4, -0.2) is 59.2 Å². The van der Waals surface area contributed by atoms with E-state index in [9.17, 15) is 14.4 Å². The van der Waals surface area contributed by atoms with Crippen molar-refractivity contribution >= 4 is 17.7 Å². The average molecular weight is 434 g/mol. The second kappa shape index (κ2) is 9.55. The van der Waals surface area contributed by atoms with E-state index in [1.54, 1.807) is 4.90 Å². The molecule has 0 aliphatic carbocycles. The molecular formula is C26H31N3O3. The van der Waals surface area contributed by atoms with Crippen LogP contribution in [-0.2, 0) is 9.59 Å². The van der Waals surface area contributed by atoms with Crippen molar-refractivity contribution in [2.75, 3.05) is 19.6 Å². The maximum Gasteiger partial charge on any atom is 0.253 e. The number of likely N-dealkylation sites (tertiary alicyclic amines) is 2. The Morgan fingerprint density at radius 2 is 1.56 bits per heavy atom. The minimum Gasteiger partial charge on any atom is -0.353 e. The molecule has 2 saturated heterocycles. The van der Waals surface area contributed by atoms with Gasteiger partial charge >= 0.3 is 0 Å². The first-order valence-electron chi connectivity index (χ1n) is 11.5. The van der Waals surface area contributed by atoms with Crippen LogP contribution in [0.4, 0.5) is 0 Å². The predicted molar refractivity (Wildman–Crippen MR) is 124 cm³/mol. The number of carbonyl (C=O) groups excluding carboxylic acids is 3. The molecule has 4 rings (SSSR count). The first kappa shape index (κ1) is 22.1. The minimum atomic E-state index is -0.271. The lowest BCUT2D eigenvalue weighted by Gasteiger charge is -2.33. The molecule has 6 nitrogen and oxygen atoms in total. The van der Waals surface area contributed by atoms with Gasteiger partial charge in [-0.1, -0.05) is 42.5 Å². The summed E-state index contributed by atoms with van der Waals surface area (Å²) in [6.45, 7) is 5.68. The van der Waals surface area contributed by atoms with Crippen molar-refractivity contribution in [2.45, 2.75) is 45.2 Å². The summed E-state index contributed by atoms with van der Waals surface area (Å²) >= 11 is 0. The van der Waals surface area contributed by atoms with Crippen LogP contribution in [0.25, 0.3) is 11.1 Å². The summed E-state index contributed by atoms with van der Waals surface area (Å²) in [5, 5.41) is 3.11. The van der Waals surface area contributed by atoms with Crippen molar-refractivity contribution < 1.29 is 14.4 Å². The molecule has 6 heteroatoms. The maximum absolute atomic E-state index is 12.9. The number of benzene rings is 2. The van der Waals surface area contributed by atoms with Crippen molar-refractivity contribution in [2.24, 2.45) is 5.92 Å². The maximum atomic E-state index is 12.9. The van der Waals surface area contributed by atoms with Crippen LogP contribution in [0.15, 0.2) is 54.6 Å². The third-order valence-corrected chi connectivity index (χ3v) is 6.52. The molecule has 168 valence electrons. The predicted octanol–water partition coefficient (Wildman–Crippen LogP) is 3.33. The van der Waals surface area contributed by atoms with Gasteiger partial charge in [-0.05, 0) is 49.9 Å². The van der Waals surface area contributed by atoms with Gasteiger partial charge in [0.1, 0.15) is 0 Å². The first-order valence-corrected chi connectivity index (χ1v) is 11.5. The second-order valence-corrected chi connectivity index (χ2v) is 9.06. The molecule has 2 aromatic carbocycles. The first-order chi connectivity index (χ1) is 15.4. The number of amides is 3. The fraction of sp³-hybridized carbons (Fsp3) is 0.423. The van der Waals surface area contributed by atoms with Gasteiger partial charge in [-0.15, -0.1) is 0 Å². The summed E-state index contributed by atoms with van der Waals surface area (Å²) in [5.74, 6) is -0.224. The number of carbonyl (C=O) groups is 3. The van der Waals surface area contributed by atoms with Gasteiger partial charge in [-0.2, -0.15) is 0 Å². The zero-order chi connectivity index (χ0) is 22.7. The van der Waals surface area contributed by atoms with Crippen LogP contribution in [0.5, 0.6) is 0 Å². The van der Waals surface area contributed by atoms with Gasteiger partial charge in [0.2, 0.25) is 11.8 Å². The zero-order valence-corrected chi connectivity index (χ0v) is 18.8. The third kappa shape index (κ3) is 4.85. The molecule has 0 aromatic heterocycles. The topological polar surface area (TPSA) is 69.7 Å². The quantitative estimate of drug-likeness (QED) is 0.786. The summed E-state index contributed by atoms with van der Waals surface area (Å²) in [6.07, 6.45) is 1.75. The van der Waals surface area contributed by atoms with Gasteiger partial charge < -0.3 is 15.1 Å². The molecule has 0 saturated carbocycles. The van der Waals surface area contributed by atoms with Crippen LogP contribution in [0, 0.1) is 5.92 Å². The molecule has 1 atom stereocenters. The fourth-order valence-corrected chi connectivity index (χ4v) is 4.57. The van der Waals surface area contributed by atoms with E-state index in [1.165, 1.54) is 0 Å². The summed E-state index contributed by atoms with van der Waals surface area (Å²) in [7, 11) is 0. The normalized spacial score (nSPS) is 19.5. The molecule has 0 spiro atoms. The smallest absolute Gasteiger partial charge is 0.253 e. The van der Waals surface area contributed by atoms with E-state index in [0.29, 0.717) is 31.6 Å². The zero-order valence-electron chi connectivity index (χ0n) is 18.8. The molecule has 2 aromatic rings. The Hall–Kier alpha value is -3.15. The Bertz CT molecular complexity index is 964. The van der Waals surface area contributed by atoms with Gasteiger partial charge in [0, 0.05) is 43.7 Å². The van der Waals surface area contributed by atoms with E-state index in [4.69, 9.17) is 0 Å². The SMILES string of the molecule is CC(C)N1CC(C(=O)NC2CCN(C(=O)c3ccc(-c4ccccc4)cc3)CC2)CC1=O. The Morgan fingerprint density at radius 3 is 2.16 bits per heavy atom. The van der Waals surface area contributed by atoms with E-state index >= 15 is 0 Å². The van der Waals surface area contributed by atoms with Gasteiger partial charge in [0.25, 0.3) is 5.91 Å². The van der Waals surface area contributed by atoms with E-state index in [1.807, 2.05) is 61.2 Å². The average Bonchev–Trinajstić information content (AvgIpc) is 3.22. The highest BCUT2D eigenvalue weighted by atomic mass is 16.2. The van der Waals surface area contributed by atoms with Gasteiger partial charge in [-0.3, -0.25) is 14.4 Å². The molecule has 1 unspecified atom stereocenters. The molecule has 1 N–H and O–H groups in total. The number of hydrogen-bond donors (Lipinski definition) is 1. The summed E-state index contributed by atoms with van der Waals surface area (Å²) < 4.78 is 0. The van der Waals surface area contributed by atoms with Gasteiger partial charge in [0.05, 0.1) is 5.92 Å². The van der Waals surface area contributed by atoms with Crippen molar-refractivity contribution in [1.82, 2.24) is 15.1 Å². The summed E-state index contributed by atoms with van der Waals surface area (Å²) in [6, 6.07) is 18.0. The lowest BCUT2D eigenvalue weighted by molar-refractivity contribution is -0.130. The monoisotopic (exact) mass is 433 g/mol. The molecule has 0 bridgehead atoms. The number of piperidine rings is 1. The minimum absolute atomic E-state index is 0.0309. The molecule has 2 aliphatic rings. The molecule has 3 amide bonds. The molecule has 2 aliphatic heterocycles. The van der Waals surface area contributed by atoms with Crippen LogP contribution in [0.2, 0.25) is 0 Å². The van der Waals surface area contributed by atoms with Crippen molar-refractivity contribution in [3.05, 3.63) is 60.2 Å². The number of hydrogen-bond acceptors (Lipinski definition) is 3. The van der Waals surface area contributed by atoms with E-state index in [-0.39, 0.29) is 35.7 Å². The highest BCUT2D eigenvalue weighted by Gasteiger charge is 2.36. The Morgan fingerprint density at radius 1 is 0.938 bits per heavy atom. The lowest BCUT2D eigenvalue weighted by Crippen LogP contribution is -2.48. The Balaban J connectivity index is 1.28.